The van der Waals surface area contributed by atoms with Crippen LogP contribution in [0.25, 0.3) is 0 Å². The number of hydrogen-bond acceptors (Lipinski definition) is 3. The molecule has 0 bridgehead atoms. The molecule has 0 aromatic heterocycles. The summed E-state index contributed by atoms with van der Waals surface area (Å²) in [5.74, 6) is -0.336. The molecule has 0 saturated heterocycles. The minimum absolute atomic E-state index is 0.0109. The van der Waals surface area contributed by atoms with E-state index in [1.165, 1.54) is 6.92 Å². The van der Waals surface area contributed by atoms with Gasteiger partial charge in [-0.25, -0.2) is 0 Å². The van der Waals surface area contributed by atoms with E-state index in [-0.39, 0.29) is 24.0 Å². The molecule has 2 N–H and O–H groups in total. The number of anilines is 2. The lowest BCUT2D eigenvalue weighted by molar-refractivity contribution is -0.125. The maximum Gasteiger partial charge on any atom is 0.250 e. The fourth-order valence-electron chi connectivity index (χ4n) is 1.32. The molecule has 0 aliphatic carbocycles. The average molecular weight is 264 g/mol. The first kappa shape index (κ1) is 15.2. The predicted octanol–water partition coefficient (Wildman–Crippen LogP) is 2.40. The third-order valence-electron chi connectivity index (χ3n) is 2.13. The van der Waals surface area contributed by atoms with Gasteiger partial charge in [0.05, 0.1) is 5.60 Å². The lowest BCUT2D eigenvalue weighted by Crippen LogP contribution is -2.27. The highest BCUT2D eigenvalue weighted by molar-refractivity contribution is 5.92. The lowest BCUT2D eigenvalue weighted by Gasteiger charge is -2.19. The fourth-order valence-corrected chi connectivity index (χ4v) is 1.32. The highest BCUT2D eigenvalue weighted by Crippen LogP contribution is 2.14. The zero-order chi connectivity index (χ0) is 14.5. The molecule has 2 amide bonds. The van der Waals surface area contributed by atoms with Crippen LogP contribution in [0.5, 0.6) is 0 Å². The van der Waals surface area contributed by atoms with Crippen LogP contribution in [0.4, 0.5) is 11.4 Å². The molecule has 5 nitrogen and oxygen atoms in total. The van der Waals surface area contributed by atoms with Gasteiger partial charge in [-0.05, 0) is 45.0 Å². The van der Waals surface area contributed by atoms with Gasteiger partial charge in [-0.1, -0.05) is 0 Å². The van der Waals surface area contributed by atoms with Crippen molar-refractivity contribution in [3.8, 4) is 0 Å². The van der Waals surface area contributed by atoms with Crippen molar-refractivity contribution in [2.45, 2.75) is 33.3 Å². The Balaban J connectivity index is 2.49. The Morgan fingerprint density at radius 3 is 1.95 bits per heavy atom. The van der Waals surface area contributed by atoms with E-state index in [9.17, 15) is 9.59 Å². The molecule has 1 rings (SSSR count). The number of carbonyl (C=O) groups is 2. The van der Waals surface area contributed by atoms with E-state index in [1.807, 2.05) is 20.8 Å². The first-order valence-electron chi connectivity index (χ1n) is 6.08. The summed E-state index contributed by atoms with van der Waals surface area (Å²) in [7, 11) is 0. The standard InChI is InChI=1S/C14H20N2O3/c1-10(17)15-11-5-7-12(8-6-11)16-13(18)9-19-14(2,3)4/h5-8H,9H2,1-4H3,(H,15,17)(H,16,18). The van der Waals surface area contributed by atoms with Crippen LogP contribution in [0.3, 0.4) is 0 Å². The molecule has 0 radical (unpaired) electrons. The predicted molar refractivity (Wildman–Crippen MR) is 75.1 cm³/mol. The number of rotatable bonds is 4. The lowest BCUT2D eigenvalue weighted by atomic mass is 10.2. The maximum absolute atomic E-state index is 11.6. The number of hydrogen-bond donors (Lipinski definition) is 2. The molecule has 1 aromatic rings. The molecule has 0 aliphatic rings. The normalized spacial score (nSPS) is 10.9. The number of nitrogens with one attached hydrogen (secondary N) is 2. The summed E-state index contributed by atoms with van der Waals surface area (Å²) in [5.41, 5.74) is 1.01. The van der Waals surface area contributed by atoms with Crippen LogP contribution in [0.15, 0.2) is 24.3 Å². The number of carbonyl (C=O) groups excluding carboxylic acids is 2. The Labute approximate surface area is 113 Å². The molecular weight excluding hydrogens is 244 g/mol. The van der Waals surface area contributed by atoms with Gasteiger partial charge in [-0.3, -0.25) is 9.59 Å². The van der Waals surface area contributed by atoms with Crippen LogP contribution < -0.4 is 10.6 Å². The van der Waals surface area contributed by atoms with Crippen molar-refractivity contribution in [2.24, 2.45) is 0 Å². The van der Waals surface area contributed by atoms with Gasteiger partial charge in [0, 0.05) is 18.3 Å². The van der Waals surface area contributed by atoms with Gasteiger partial charge in [-0.2, -0.15) is 0 Å². The van der Waals surface area contributed by atoms with Crippen molar-refractivity contribution in [2.75, 3.05) is 17.2 Å². The van der Waals surface area contributed by atoms with E-state index in [0.29, 0.717) is 11.4 Å². The van der Waals surface area contributed by atoms with Crippen LogP contribution in [-0.4, -0.2) is 24.0 Å². The Bertz CT molecular complexity index is 447. The van der Waals surface area contributed by atoms with Gasteiger partial charge in [0.25, 0.3) is 0 Å². The van der Waals surface area contributed by atoms with E-state index >= 15 is 0 Å². The molecule has 0 saturated carbocycles. The Morgan fingerprint density at radius 1 is 1.05 bits per heavy atom. The van der Waals surface area contributed by atoms with Gasteiger partial charge in [0.1, 0.15) is 6.61 Å². The summed E-state index contributed by atoms with van der Waals surface area (Å²) in [6.07, 6.45) is 0. The maximum atomic E-state index is 11.6. The van der Waals surface area contributed by atoms with E-state index in [2.05, 4.69) is 10.6 Å². The third-order valence-corrected chi connectivity index (χ3v) is 2.13. The third kappa shape index (κ3) is 6.57. The number of ether oxygens (including phenoxy) is 1. The molecule has 5 heteroatoms. The summed E-state index contributed by atoms with van der Waals surface area (Å²) < 4.78 is 5.37. The van der Waals surface area contributed by atoms with E-state index in [4.69, 9.17) is 4.74 Å². The molecule has 0 spiro atoms. The van der Waals surface area contributed by atoms with Gasteiger partial charge in [-0.15, -0.1) is 0 Å². The summed E-state index contributed by atoms with van der Waals surface area (Å²) in [5, 5.41) is 5.37. The minimum Gasteiger partial charge on any atom is -0.366 e. The van der Waals surface area contributed by atoms with Crippen LogP contribution >= 0.6 is 0 Å². The highest BCUT2D eigenvalue weighted by atomic mass is 16.5. The van der Waals surface area contributed by atoms with E-state index in [1.54, 1.807) is 24.3 Å². The van der Waals surface area contributed by atoms with Gasteiger partial charge in [0.15, 0.2) is 0 Å². The van der Waals surface area contributed by atoms with Crippen LogP contribution in [-0.2, 0) is 14.3 Å². The first-order valence-corrected chi connectivity index (χ1v) is 6.08. The molecule has 0 atom stereocenters. The van der Waals surface area contributed by atoms with Crippen molar-refractivity contribution < 1.29 is 14.3 Å². The SMILES string of the molecule is CC(=O)Nc1ccc(NC(=O)COC(C)(C)C)cc1. The molecule has 0 heterocycles. The zero-order valence-corrected chi connectivity index (χ0v) is 11.7. The van der Waals surface area contributed by atoms with E-state index in [0.717, 1.165) is 0 Å². The monoisotopic (exact) mass is 264 g/mol. The second kappa shape index (κ2) is 6.33. The Morgan fingerprint density at radius 2 is 1.53 bits per heavy atom. The van der Waals surface area contributed by atoms with Crippen LogP contribution in [0.1, 0.15) is 27.7 Å². The Hall–Kier alpha value is -1.88. The summed E-state index contributed by atoms with van der Waals surface area (Å²) in [4.78, 5) is 22.5. The molecule has 0 aliphatic heterocycles. The quantitative estimate of drug-likeness (QED) is 0.877. The summed E-state index contributed by atoms with van der Waals surface area (Å²) in [6.45, 7) is 7.13. The van der Waals surface area contributed by atoms with E-state index < -0.39 is 0 Å². The van der Waals surface area contributed by atoms with Crippen LogP contribution in [0, 0.1) is 0 Å². The first-order chi connectivity index (χ1) is 8.76. The van der Waals surface area contributed by atoms with Crippen molar-refractivity contribution in [3.05, 3.63) is 24.3 Å². The van der Waals surface area contributed by atoms with Gasteiger partial charge in [0.2, 0.25) is 11.8 Å². The topological polar surface area (TPSA) is 67.4 Å². The molecule has 19 heavy (non-hydrogen) atoms. The minimum atomic E-state index is -0.341. The summed E-state index contributed by atoms with van der Waals surface area (Å²) >= 11 is 0. The fraction of sp³-hybridized carbons (Fsp3) is 0.429. The number of amides is 2. The second-order valence-corrected chi connectivity index (χ2v) is 5.21. The molecular formula is C14H20N2O3. The highest BCUT2D eigenvalue weighted by Gasteiger charge is 2.12. The van der Waals surface area contributed by atoms with Crippen LogP contribution in [0.2, 0.25) is 0 Å². The van der Waals surface area contributed by atoms with Crippen molar-refractivity contribution in [3.63, 3.8) is 0 Å². The van der Waals surface area contributed by atoms with Crippen molar-refractivity contribution >= 4 is 23.2 Å². The average Bonchev–Trinajstić information content (AvgIpc) is 2.28. The molecule has 104 valence electrons. The molecule has 0 fully saturated rings. The molecule has 1 aromatic carbocycles. The number of benzene rings is 1. The molecule has 0 unspecified atom stereocenters. The summed E-state index contributed by atoms with van der Waals surface area (Å²) in [6, 6.07) is 6.89. The smallest absolute Gasteiger partial charge is 0.250 e. The Kier molecular flexibility index (Phi) is 5.06. The van der Waals surface area contributed by atoms with Gasteiger partial charge >= 0.3 is 0 Å². The largest absolute Gasteiger partial charge is 0.366 e. The zero-order valence-electron chi connectivity index (χ0n) is 11.7. The van der Waals surface area contributed by atoms with Crippen molar-refractivity contribution in [1.82, 2.24) is 0 Å². The second-order valence-electron chi connectivity index (χ2n) is 5.21. The van der Waals surface area contributed by atoms with Gasteiger partial charge < -0.3 is 15.4 Å². The van der Waals surface area contributed by atoms with Crippen molar-refractivity contribution in [1.29, 1.82) is 0 Å².